The van der Waals surface area contributed by atoms with Crippen molar-refractivity contribution in [3.63, 3.8) is 0 Å². The van der Waals surface area contributed by atoms with Gasteiger partial charge in [0.1, 0.15) is 0 Å². The van der Waals surface area contributed by atoms with Crippen LogP contribution in [0.5, 0.6) is 0 Å². The van der Waals surface area contributed by atoms with E-state index in [1.807, 2.05) is 0 Å². The van der Waals surface area contributed by atoms with E-state index in [-0.39, 0.29) is 0 Å². The summed E-state index contributed by atoms with van der Waals surface area (Å²) in [6.07, 6.45) is 5.30. The second kappa shape index (κ2) is 0.575. The van der Waals surface area contributed by atoms with E-state index in [2.05, 4.69) is 26.2 Å². The van der Waals surface area contributed by atoms with Gasteiger partial charge in [-0.1, -0.05) is 0 Å². The summed E-state index contributed by atoms with van der Waals surface area (Å²) in [4.78, 5) is 11.4. The van der Waals surface area contributed by atoms with Gasteiger partial charge in [-0.2, -0.15) is 0 Å². The second-order valence-corrected chi connectivity index (χ2v) is 35.1. The fraction of sp³-hybridized carbons (Fsp3) is 0.765. The quantitative estimate of drug-likeness (QED) is 0.460. The Morgan fingerprint density at radius 2 is 1.61 bits per heavy atom. The van der Waals surface area contributed by atoms with Crippen LogP contribution in [0.4, 0.5) is 0 Å². The standard InChI is InChI=1S/C12H15.C5H5.Fe/c1-4-6-11-7-5-8-12(11)9-10(2)3;1-2-4-5-3-1;/h4-5,7-8H,1-2,6,9H2,3H3;1-5H;. The Hall–Kier alpha value is -0.000519. The zero-order valence-electron chi connectivity index (χ0n) is 10.9. The van der Waals surface area contributed by atoms with Crippen LogP contribution >= 0.6 is 0 Å². The molecule has 10 fully saturated rings. The van der Waals surface area contributed by atoms with Crippen molar-refractivity contribution >= 4 is 0 Å². The van der Waals surface area contributed by atoms with E-state index in [0.717, 1.165) is 8.63 Å². The monoisotopic (exact) mass is 280 g/mol. The summed E-state index contributed by atoms with van der Waals surface area (Å²) in [5.74, 6) is 0. The van der Waals surface area contributed by atoms with Crippen LogP contribution in [0, 0.1) is 0 Å². The summed E-state index contributed by atoms with van der Waals surface area (Å²) in [5, 5.41) is 0. The SMILES string of the molecule is C=CC[C]12[CH]3[CH]4[CH]5[C]1(CC(=C)C)[Fe]43521678[CH]2[CH]1[CH]6[CH]7[CH]28. The summed E-state index contributed by atoms with van der Waals surface area (Å²) in [6, 6.07) is 0. The van der Waals surface area contributed by atoms with E-state index >= 15 is 0 Å². The fourth-order valence-electron chi connectivity index (χ4n) is 19.2. The van der Waals surface area contributed by atoms with E-state index < -0.39 is 6.51 Å². The normalized spacial score (nSPS) is 117. The van der Waals surface area contributed by atoms with E-state index in [9.17, 15) is 0 Å². The topological polar surface area (TPSA) is 0 Å². The Balaban J connectivity index is 1.61. The molecule has 0 aliphatic carbocycles. The van der Waals surface area contributed by atoms with Crippen LogP contribution in [0.15, 0.2) is 24.8 Å². The van der Waals surface area contributed by atoms with E-state index in [1.54, 1.807) is 0 Å². The molecule has 0 saturated carbocycles. The molecule has 10 rings (SSSR count). The zero-order chi connectivity index (χ0) is 11.6. The summed E-state index contributed by atoms with van der Waals surface area (Å²) in [5.41, 5.74) is 1.53. The zero-order valence-corrected chi connectivity index (χ0v) is 12.0. The predicted octanol–water partition coefficient (Wildman–Crippen LogP) is 5.66. The molecule has 0 amide bonds. The first-order chi connectivity index (χ1) is 8.41. The van der Waals surface area contributed by atoms with Gasteiger partial charge >= 0.3 is 98.2 Å². The summed E-state index contributed by atoms with van der Waals surface area (Å²) in [7, 11) is 0. The average Bonchev–Trinajstić information content (AvgIpc) is 3.23. The number of hydrogen-bond donors (Lipinski definition) is 0. The minimum atomic E-state index is -2.98. The van der Waals surface area contributed by atoms with Crippen LogP contribution in [0.2, 0.25) is 47.2 Å². The molecule has 1 spiro atoms. The van der Waals surface area contributed by atoms with Crippen molar-refractivity contribution in [2.75, 3.05) is 0 Å². The van der Waals surface area contributed by atoms with Gasteiger partial charge in [0.25, 0.3) is 0 Å². The van der Waals surface area contributed by atoms with Gasteiger partial charge in [0.05, 0.1) is 0 Å². The van der Waals surface area contributed by atoms with Crippen molar-refractivity contribution in [1.29, 1.82) is 0 Å². The fourth-order valence-corrected chi connectivity index (χ4v) is 96.9. The van der Waals surface area contributed by atoms with Gasteiger partial charge in [-0.05, 0) is 0 Å². The number of fused-ring (bicyclic) bond motifs is 10. The molecule has 5 atom stereocenters. The molecular weight excluding hydrogens is 260 g/mol. The summed E-state index contributed by atoms with van der Waals surface area (Å²) >= 11 is 0. The Labute approximate surface area is 98.2 Å². The van der Waals surface area contributed by atoms with Crippen molar-refractivity contribution in [2.45, 2.75) is 66.9 Å². The van der Waals surface area contributed by atoms with Crippen LogP contribution in [0.1, 0.15) is 19.8 Å². The molecular formula is C17H20Fe. The molecule has 10 heterocycles. The molecule has 0 nitrogen and oxygen atoms in total. The first-order valence-electron chi connectivity index (χ1n) is 7.88. The summed E-state index contributed by atoms with van der Waals surface area (Å²) < 4.78 is 1.98. The first kappa shape index (κ1) is 7.14. The second-order valence-electron chi connectivity index (χ2n) is 11.7. The molecule has 10 aliphatic heterocycles. The minimum absolute atomic E-state index is 0.992. The van der Waals surface area contributed by atoms with Gasteiger partial charge in [-0.25, -0.2) is 0 Å². The third kappa shape index (κ3) is 0.0646. The molecule has 18 heavy (non-hydrogen) atoms. The van der Waals surface area contributed by atoms with Crippen molar-refractivity contribution in [1.82, 2.24) is 0 Å². The van der Waals surface area contributed by atoms with Gasteiger partial charge in [-0.3, -0.25) is 0 Å². The van der Waals surface area contributed by atoms with Crippen molar-refractivity contribution in [3.05, 3.63) is 24.8 Å². The Morgan fingerprint density at radius 3 is 2.00 bits per heavy atom. The van der Waals surface area contributed by atoms with E-state index in [1.165, 1.54) is 56.9 Å². The molecule has 10 saturated heterocycles. The molecule has 1 heteroatoms. The predicted molar refractivity (Wildman–Crippen MR) is 69.6 cm³/mol. The van der Waals surface area contributed by atoms with Gasteiger partial charge < -0.3 is 0 Å². The maximum absolute atomic E-state index is 4.35. The molecule has 0 N–H and O–H groups in total. The Morgan fingerprint density at radius 1 is 1.06 bits per heavy atom. The van der Waals surface area contributed by atoms with Gasteiger partial charge in [-0.15, -0.1) is 0 Å². The van der Waals surface area contributed by atoms with Crippen molar-refractivity contribution in [3.8, 4) is 0 Å². The number of allylic oxidation sites excluding steroid dienone is 2. The van der Waals surface area contributed by atoms with Gasteiger partial charge in [0.15, 0.2) is 0 Å². The van der Waals surface area contributed by atoms with E-state index in [0.29, 0.717) is 0 Å². The molecule has 96 valence electrons. The third-order valence-corrected chi connectivity index (χ3v) is 60.5. The maximum atomic E-state index is 4.35. The molecule has 0 aromatic carbocycles. The van der Waals surface area contributed by atoms with E-state index in [4.69, 9.17) is 0 Å². The van der Waals surface area contributed by atoms with Gasteiger partial charge in [0, 0.05) is 0 Å². The number of rotatable bonds is 4. The van der Waals surface area contributed by atoms with Crippen LogP contribution in [0.3, 0.4) is 0 Å². The average molecular weight is 280 g/mol. The molecule has 0 bridgehead atoms. The molecule has 0 aromatic heterocycles. The Bertz CT molecular complexity index is 1030. The van der Waals surface area contributed by atoms with Crippen molar-refractivity contribution < 1.29 is 6.51 Å². The van der Waals surface area contributed by atoms with Crippen LogP contribution in [0.25, 0.3) is 0 Å². The Kier molecular flexibility index (Phi) is 0.228. The summed E-state index contributed by atoms with van der Waals surface area (Å²) in [6.45, 7) is 7.87. The molecule has 10 aliphatic rings. The van der Waals surface area contributed by atoms with Crippen LogP contribution in [-0.2, 0) is 6.51 Å². The van der Waals surface area contributed by atoms with Gasteiger partial charge in [0.2, 0.25) is 0 Å². The third-order valence-electron chi connectivity index (χ3n) is 16.5. The first-order valence-corrected chi connectivity index (χ1v) is 14.1. The molecule has 0 radical (unpaired) electrons. The van der Waals surface area contributed by atoms with Crippen molar-refractivity contribution in [2.24, 2.45) is 0 Å². The van der Waals surface area contributed by atoms with Crippen LogP contribution < -0.4 is 0 Å². The molecule has 0 aromatic rings. The number of hydrogen-bond acceptors (Lipinski definition) is 0. The molecule has 5 unspecified atom stereocenters. The van der Waals surface area contributed by atoms with Crippen LogP contribution in [-0.4, -0.2) is 0 Å².